The maximum absolute atomic E-state index is 12.3. The molecule has 0 radical (unpaired) electrons. The average Bonchev–Trinajstić information content (AvgIpc) is 2.78. The first kappa shape index (κ1) is 25.8. The molecule has 1 aliphatic heterocycles. The quantitative estimate of drug-likeness (QED) is 0.277. The summed E-state index contributed by atoms with van der Waals surface area (Å²) >= 11 is 0. The fourth-order valence-corrected chi connectivity index (χ4v) is 4.67. The Balaban J connectivity index is 1.65. The Labute approximate surface area is 188 Å². The molecule has 0 bridgehead atoms. The van der Waals surface area contributed by atoms with E-state index < -0.39 is 34.5 Å². The molecule has 0 aliphatic carbocycles. The van der Waals surface area contributed by atoms with Crippen molar-refractivity contribution in [1.82, 2.24) is 20.7 Å². The van der Waals surface area contributed by atoms with Crippen LogP contribution in [-0.4, -0.2) is 63.5 Å². The molecule has 1 atom stereocenters. The Hall–Kier alpha value is -2.50. The van der Waals surface area contributed by atoms with E-state index in [2.05, 4.69) is 20.7 Å². The molecule has 1 heterocycles. The zero-order valence-corrected chi connectivity index (χ0v) is 18.8. The molecule has 0 aromatic heterocycles. The van der Waals surface area contributed by atoms with Gasteiger partial charge in [-0.2, -0.15) is 4.72 Å². The van der Waals surface area contributed by atoms with Crippen LogP contribution in [-0.2, 0) is 24.4 Å². The number of piperidine rings is 1. The lowest BCUT2D eigenvalue weighted by Crippen LogP contribution is -2.48. The van der Waals surface area contributed by atoms with Crippen LogP contribution in [0.15, 0.2) is 35.2 Å². The molecule has 178 valence electrons. The van der Waals surface area contributed by atoms with Crippen LogP contribution in [0, 0.1) is 5.92 Å². The van der Waals surface area contributed by atoms with E-state index in [0.717, 1.165) is 38.8 Å². The van der Waals surface area contributed by atoms with E-state index in [-0.39, 0.29) is 23.8 Å². The van der Waals surface area contributed by atoms with E-state index in [1.54, 1.807) is 6.07 Å². The number of aliphatic carboxylic acids is 1. The lowest BCUT2D eigenvalue weighted by molar-refractivity contribution is -0.138. The number of amides is 2. The fourth-order valence-electron chi connectivity index (χ4n) is 3.46. The second kappa shape index (κ2) is 13.1. The van der Waals surface area contributed by atoms with Gasteiger partial charge in [-0.3, -0.25) is 14.4 Å². The molecule has 1 aliphatic rings. The number of hydrogen-bond acceptors (Lipinski definition) is 6. The number of rotatable bonds is 13. The summed E-state index contributed by atoms with van der Waals surface area (Å²) < 4.78 is 26.6. The summed E-state index contributed by atoms with van der Waals surface area (Å²) in [7, 11) is -4.04. The van der Waals surface area contributed by atoms with Gasteiger partial charge in [-0.1, -0.05) is 18.2 Å². The second-order valence-electron chi connectivity index (χ2n) is 7.81. The number of carboxylic acid groups (broad SMARTS) is 1. The maximum Gasteiger partial charge on any atom is 0.323 e. The molecule has 1 aromatic carbocycles. The van der Waals surface area contributed by atoms with Gasteiger partial charge in [0.2, 0.25) is 21.8 Å². The van der Waals surface area contributed by atoms with Gasteiger partial charge in [-0.15, -0.1) is 0 Å². The van der Waals surface area contributed by atoms with E-state index in [0.29, 0.717) is 12.3 Å². The average molecular weight is 469 g/mol. The molecular formula is C21H32N4O6S. The van der Waals surface area contributed by atoms with Crippen molar-refractivity contribution in [3.05, 3.63) is 30.3 Å². The number of carbonyl (C=O) groups excluding carboxylic acids is 2. The van der Waals surface area contributed by atoms with Crippen LogP contribution in [0.1, 0.15) is 38.5 Å². The zero-order valence-electron chi connectivity index (χ0n) is 18.0. The Kier molecular flexibility index (Phi) is 10.6. The van der Waals surface area contributed by atoms with Gasteiger partial charge in [0.05, 0.1) is 4.90 Å². The first-order valence-corrected chi connectivity index (χ1v) is 12.3. The molecule has 10 nitrogen and oxygen atoms in total. The number of hydrogen-bond donors (Lipinski definition) is 5. The monoisotopic (exact) mass is 468 g/mol. The molecule has 1 aromatic rings. The lowest BCUT2D eigenvalue weighted by Gasteiger charge is -2.22. The Morgan fingerprint density at radius 2 is 1.69 bits per heavy atom. The number of nitrogens with one attached hydrogen (secondary N) is 4. The van der Waals surface area contributed by atoms with Crippen molar-refractivity contribution >= 4 is 27.8 Å². The Morgan fingerprint density at radius 3 is 2.34 bits per heavy atom. The van der Waals surface area contributed by atoms with Crippen LogP contribution < -0.4 is 20.7 Å². The molecule has 32 heavy (non-hydrogen) atoms. The summed E-state index contributed by atoms with van der Waals surface area (Å²) in [4.78, 5) is 35.2. The molecule has 1 fully saturated rings. The molecule has 1 unspecified atom stereocenters. The first-order valence-electron chi connectivity index (χ1n) is 10.8. The SMILES string of the molecule is O=C(CCCC1CCNCC1)NCCC(=O)NCC(NS(=O)(=O)c1ccccc1)C(=O)O. The first-order chi connectivity index (χ1) is 15.3. The van der Waals surface area contributed by atoms with Crippen molar-refractivity contribution in [1.29, 1.82) is 0 Å². The zero-order chi connectivity index (χ0) is 23.4. The van der Waals surface area contributed by atoms with Gasteiger partial charge in [0.25, 0.3) is 0 Å². The summed E-state index contributed by atoms with van der Waals surface area (Å²) in [5.74, 6) is -1.35. The second-order valence-corrected chi connectivity index (χ2v) is 9.53. The number of carbonyl (C=O) groups is 3. The van der Waals surface area contributed by atoms with Gasteiger partial charge in [0, 0.05) is 25.9 Å². The van der Waals surface area contributed by atoms with E-state index >= 15 is 0 Å². The summed E-state index contributed by atoms with van der Waals surface area (Å²) in [5, 5.41) is 17.7. The third-order valence-corrected chi connectivity index (χ3v) is 6.79. The van der Waals surface area contributed by atoms with Crippen molar-refractivity contribution in [2.24, 2.45) is 5.92 Å². The van der Waals surface area contributed by atoms with E-state index in [4.69, 9.17) is 0 Å². The van der Waals surface area contributed by atoms with E-state index in [1.807, 2.05) is 0 Å². The number of sulfonamides is 1. The van der Waals surface area contributed by atoms with Gasteiger partial charge >= 0.3 is 5.97 Å². The number of carboxylic acids is 1. The van der Waals surface area contributed by atoms with Gasteiger partial charge in [-0.05, 0) is 56.8 Å². The topological polar surface area (TPSA) is 154 Å². The molecule has 0 spiro atoms. The molecule has 1 saturated heterocycles. The van der Waals surface area contributed by atoms with E-state index in [1.165, 1.54) is 24.3 Å². The van der Waals surface area contributed by atoms with E-state index in [9.17, 15) is 27.9 Å². The van der Waals surface area contributed by atoms with Crippen LogP contribution in [0.4, 0.5) is 0 Å². The third kappa shape index (κ3) is 9.33. The third-order valence-electron chi connectivity index (χ3n) is 5.30. The molecule has 2 amide bonds. The molecule has 5 N–H and O–H groups in total. The predicted octanol–water partition coefficient (Wildman–Crippen LogP) is 0.211. The van der Waals surface area contributed by atoms with Gasteiger partial charge < -0.3 is 21.1 Å². The van der Waals surface area contributed by atoms with Gasteiger partial charge in [0.1, 0.15) is 6.04 Å². The summed E-state index contributed by atoms with van der Waals surface area (Å²) in [6, 6.07) is 5.85. The number of benzene rings is 1. The van der Waals surface area contributed by atoms with Gasteiger partial charge in [0.15, 0.2) is 0 Å². The van der Waals surface area contributed by atoms with Crippen molar-refractivity contribution in [2.75, 3.05) is 26.2 Å². The maximum atomic E-state index is 12.3. The van der Waals surface area contributed by atoms with Crippen molar-refractivity contribution in [3.63, 3.8) is 0 Å². The predicted molar refractivity (Wildman–Crippen MR) is 118 cm³/mol. The minimum absolute atomic E-state index is 0.0300. The summed E-state index contributed by atoms with van der Waals surface area (Å²) in [5.41, 5.74) is 0. The molecule has 0 saturated carbocycles. The minimum Gasteiger partial charge on any atom is -0.480 e. The fraction of sp³-hybridized carbons (Fsp3) is 0.571. The highest BCUT2D eigenvalue weighted by atomic mass is 32.2. The lowest BCUT2D eigenvalue weighted by atomic mass is 9.92. The van der Waals surface area contributed by atoms with Crippen LogP contribution in [0.25, 0.3) is 0 Å². The molecule has 2 rings (SSSR count). The van der Waals surface area contributed by atoms with Crippen LogP contribution in [0.3, 0.4) is 0 Å². The normalized spacial score (nSPS) is 15.6. The Bertz CT molecular complexity index is 856. The highest BCUT2D eigenvalue weighted by Crippen LogP contribution is 2.18. The Morgan fingerprint density at radius 1 is 1.03 bits per heavy atom. The smallest absolute Gasteiger partial charge is 0.323 e. The van der Waals surface area contributed by atoms with Crippen molar-refractivity contribution < 1.29 is 27.9 Å². The summed E-state index contributed by atoms with van der Waals surface area (Å²) in [6.45, 7) is 1.78. The van der Waals surface area contributed by atoms with Crippen molar-refractivity contribution in [2.45, 2.75) is 49.5 Å². The van der Waals surface area contributed by atoms with Crippen molar-refractivity contribution in [3.8, 4) is 0 Å². The van der Waals surface area contributed by atoms with Gasteiger partial charge in [-0.25, -0.2) is 8.42 Å². The molecular weight excluding hydrogens is 436 g/mol. The standard InChI is InChI=1S/C21H32N4O6S/c26-19(8-4-5-16-9-12-22-13-10-16)23-14-11-20(27)24-15-18(21(28)29)25-32(30,31)17-6-2-1-3-7-17/h1-3,6-7,16,18,22,25H,4-5,8-15H2,(H,23,26)(H,24,27)(H,28,29). The van der Waals surface area contributed by atoms with Crippen LogP contribution in [0.5, 0.6) is 0 Å². The summed E-state index contributed by atoms with van der Waals surface area (Å²) in [6.07, 6.45) is 4.49. The highest BCUT2D eigenvalue weighted by Gasteiger charge is 2.25. The van der Waals surface area contributed by atoms with Crippen LogP contribution >= 0.6 is 0 Å². The highest BCUT2D eigenvalue weighted by molar-refractivity contribution is 7.89. The minimum atomic E-state index is -4.04. The van der Waals surface area contributed by atoms with Crippen LogP contribution in [0.2, 0.25) is 0 Å². The molecule has 11 heteroatoms. The largest absolute Gasteiger partial charge is 0.480 e.